The molecule has 0 atom stereocenters. The van der Waals surface area contributed by atoms with Gasteiger partial charge in [0.15, 0.2) is 0 Å². The van der Waals surface area contributed by atoms with Crippen molar-refractivity contribution in [2.24, 2.45) is 5.16 Å². The molecule has 120 valence electrons. The van der Waals surface area contributed by atoms with E-state index in [0.717, 1.165) is 0 Å². The Morgan fingerprint density at radius 2 is 2.09 bits per heavy atom. The van der Waals surface area contributed by atoms with Gasteiger partial charge in [-0.1, -0.05) is 40.0 Å². The molecule has 0 amide bonds. The average molecular weight is 376 g/mol. The highest BCUT2D eigenvalue weighted by molar-refractivity contribution is 6.37. The molecule has 7 nitrogen and oxygen atoms in total. The van der Waals surface area contributed by atoms with Crippen LogP contribution in [0.25, 0.3) is 11.3 Å². The SMILES string of the molecule is Nc1nc(Cl)c(/C=N/OCC(=O)O)c(-c2ccc(Cl)cc2Cl)n1. The van der Waals surface area contributed by atoms with Crippen LogP contribution in [0, 0.1) is 0 Å². The number of nitrogens with zero attached hydrogens (tertiary/aromatic N) is 3. The first-order valence-corrected chi connectivity index (χ1v) is 7.17. The summed E-state index contributed by atoms with van der Waals surface area (Å²) in [6.07, 6.45) is 1.19. The van der Waals surface area contributed by atoms with Crippen LogP contribution in [0.3, 0.4) is 0 Å². The zero-order valence-corrected chi connectivity index (χ0v) is 13.6. The number of aromatic nitrogens is 2. The van der Waals surface area contributed by atoms with Gasteiger partial charge in [0.05, 0.1) is 22.5 Å². The van der Waals surface area contributed by atoms with Crippen LogP contribution in [0.1, 0.15) is 5.56 Å². The first-order chi connectivity index (χ1) is 10.9. The first-order valence-electron chi connectivity index (χ1n) is 6.04. The Hall–Kier alpha value is -2.09. The Morgan fingerprint density at radius 3 is 2.74 bits per heavy atom. The van der Waals surface area contributed by atoms with E-state index in [1.807, 2.05) is 0 Å². The lowest BCUT2D eigenvalue weighted by Crippen LogP contribution is -2.05. The van der Waals surface area contributed by atoms with E-state index in [4.69, 9.17) is 45.6 Å². The van der Waals surface area contributed by atoms with Gasteiger partial charge in [-0.3, -0.25) is 0 Å². The fourth-order valence-electron chi connectivity index (χ4n) is 1.64. The number of hydrogen-bond donors (Lipinski definition) is 2. The molecular formula is C13H9Cl3N4O3. The number of oxime groups is 1. The summed E-state index contributed by atoms with van der Waals surface area (Å²) in [5.41, 5.74) is 6.70. The van der Waals surface area contributed by atoms with E-state index in [1.54, 1.807) is 12.1 Å². The van der Waals surface area contributed by atoms with Crippen molar-refractivity contribution in [1.29, 1.82) is 0 Å². The van der Waals surface area contributed by atoms with Crippen LogP contribution in [0.15, 0.2) is 23.4 Å². The van der Waals surface area contributed by atoms with Crippen molar-refractivity contribution in [2.75, 3.05) is 12.3 Å². The van der Waals surface area contributed by atoms with E-state index < -0.39 is 12.6 Å². The summed E-state index contributed by atoms with van der Waals surface area (Å²) < 4.78 is 0. The summed E-state index contributed by atoms with van der Waals surface area (Å²) in [4.78, 5) is 22.9. The molecule has 0 bridgehead atoms. The van der Waals surface area contributed by atoms with Gasteiger partial charge >= 0.3 is 5.97 Å². The van der Waals surface area contributed by atoms with Gasteiger partial charge in [0.1, 0.15) is 5.15 Å². The van der Waals surface area contributed by atoms with Gasteiger partial charge in [0, 0.05) is 10.6 Å². The van der Waals surface area contributed by atoms with Gasteiger partial charge in [-0.15, -0.1) is 0 Å². The molecule has 1 aromatic heterocycles. The Balaban J connectivity index is 2.47. The van der Waals surface area contributed by atoms with Gasteiger partial charge in [-0.05, 0) is 18.2 Å². The highest BCUT2D eigenvalue weighted by Gasteiger charge is 2.15. The third kappa shape index (κ3) is 4.44. The molecule has 23 heavy (non-hydrogen) atoms. The number of halogens is 3. The third-order valence-corrected chi connectivity index (χ3v) is 3.38. The number of aliphatic carboxylic acids is 1. The van der Waals surface area contributed by atoms with Crippen molar-refractivity contribution >= 4 is 52.9 Å². The second kappa shape index (κ2) is 7.45. The number of benzene rings is 1. The van der Waals surface area contributed by atoms with E-state index in [0.29, 0.717) is 21.3 Å². The molecule has 10 heteroatoms. The number of carboxylic acids is 1. The fraction of sp³-hybridized carbons (Fsp3) is 0.0769. The van der Waals surface area contributed by atoms with Crippen LogP contribution in [0.4, 0.5) is 5.95 Å². The molecular weight excluding hydrogens is 367 g/mol. The molecule has 0 aliphatic rings. The summed E-state index contributed by atoms with van der Waals surface area (Å²) in [5, 5.41) is 12.8. The Morgan fingerprint density at radius 1 is 1.35 bits per heavy atom. The Labute approximate surface area is 145 Å². The predicted octanol–water partition coefficient (Wildman–Crippen LogP) is 3.12. The third-order valence-electron chi connectivity index (χ3n) is 2.55. The molecule has 2 rings (SSSR count). The van der Waals surface area contributed by atoms with Crippen molar-refractivity contribution in [3.63, 3.8) is 0 Å². The molecule has 0 aliphatic heterocycles. The van der Waals surface area contributed by atoms with Gasteiger partial charge in [-0.25, -0.2) is 14.8 Å². The molecule has 1 heterocycles. The number of nitrogen functional groups attached to an aromatic ring is 1. The van der Waals surface area contributed by atoms with E-state index in [9.17, 15) is 4.79 Å². The fourth-order valence-corrected chi connectivity index (χ4v) is 2.36. The molecule has 0 saturated carbocycles. The second-order valence-corrected chi connectivity index (χ2v) is 5.36. The number of rotatable bonds is 5. The van der Waals surface area contributed by atoms with Crippen LogP contribution >= 0.6 is 34.8 Å². The monoisotopic (exact) mass is 374 g/mol. The second-order valence-electron chi connectivity index (χ2n) is 4.16. The number of carbonyl (C=O) groups is 1. The standard InChI is InChI=1S/C13H9Cl3N4O3/c14-6-1-2-7(9(15)3-6)11-8(4-18-23-5-10(21)22)12(16)20-13(17)19-11/h1-4H,5H2,(H,21,22)(H2,17,19,20)/b18-4+. The van der Waals surface area contributed by atoms with Gasteiger partial charge in [0.2, 0.25) is 12.6 Å². The van der Waals surface area contributed by atoms with Crippen molar-refractivity contribution < 1.29 is 14.7 Å². The molecule has 0 saturated heterocycles. The van der Waals surface area contributed by atoms with Gasteiger partial charge in [-0.2, -0.15) is 0 Å². The van der Waals surface area contributed by atoms with Gasteiger partial charge < -0.3 is 15.7 Å². The number of anilines is 1. The van der Waals surface area contributed by atoms with Crippen LogP contribution in [0.2, 0.25) is 15.2 Å². The molecule has 0 unspecified atom stereocenters. The smallest absolute Gasteiger partial charge is 0.344 e. The summed E-state index contributed by atoms with van der Waals surface area (Å²) in [6.45, 7) is -0.596. The predicted molar refractivity (Wildman–Crippen MR) is 88.1 cm³/mol. The zero-order valence-electron chi connectivity index (χ0n) is 11.3. The quantitative estimate of drug-likeness (QED) is 0.472. The zero-order chi connectivity index (χ0) is 17.0. The number of carboxylic acid groups (broad SMARTS) is 1. The highest BCUT2D eigenvalue weighted by atomic mass is 35.5. The lowest BCUT2D eigenvalue weighted by atomic mass is 10.1. The summed E-state index contributed by atoms with van der Waals surface area (Å²) in [7, 11) is 0. The minimum absolute atomic E-state index is 0.0150. The Bertz CT molecular complexity index is 783. The minimum atomic E-state index is -1.16. The summed E-state index contributed by atoms with van der Waals surface area (Å²) >= 11 is 18.1. The maximum atomic E-state index is 10.4. The maximum Gasteiger partial charge on any atom is 0.344 e. The van der Waals surface area contributed by atoms with Crippen molar-refractivity contribution in [2.45, 2.75) is 0 Å². The van der Waals surface area contributed by atoms with Crippen LogP contribution in [0.5, 0.6) is 0 Å². The van der Waals surface area contributed by atoms with Crippen LogP contribution in [-0.4, -0.2) is 33.9 Å². The van der Waals surface area contributed by atoms with Crippen LogP contribution < -0.4 is 5.73 Å². The Kier molecular flexibility index (Phi) is 5.59. The van der Waals surface area contributed by atoms with Crippen molar-refractivity contribution in [3.8, 4) is 11.3 Å². The van der Waals surface area contributed by atoms with E-state index in [1.165, 1.54) is 12.3 Å². The topological polar surface area (TPSA) is 111 Å². The average Bonchev–Trinajstić information content (AvgIpc) is 2.44. The first kappa shape index (κ1) is 17.3. The summed E-state index contributed by atoms with van der Waals surface area (Å²) in [5.74, 6) is -1.22. The lowest BCUT2D eigenvalue weighted by molar-refractivity contribution is -0.142. The minimum Gasteiger partial charge on any atom is -0.479 e. The normalized spacial score (nSPS) is 10.9. The summed E-state index contributed by atoms with van der Waals surface area (Å²) in [6, 6.07) is 4.79. The van der Waals surface area contributed by atoms with E-state index in [2.05, 4.69) is 20.0 Å². The molecule has 0 aliphatic carbocycles. The maximum absolute atomic E-state index is 10.4. The molecule has 0 radical (unpaired) electrons. The molecule has 0 fully saturated rings. The van der Waals surface area contributed by atoms with Crippen LogP contribution in [-0.2, 0) is 9.63 Å². The van der Waals surface area contributed by atoms with E-state index >= 15 is 0 Å². The number of nitrogens with two attached hydrogens (primary N) is 1. The largest absolute Gasteiger partial charge is 0.479 e. The van der Waals surface area contributed by atoms with Gasteiger partial charge in [0.25, 0.3) is 0 Å². The number of hydrogen-bond acceptors (Lipinski definition) is 6. The molecule has 3 N–H and O–H groups in total. The molecule has 2 aromatic rings. The highest BCUT2D eigenvalue weighted by Crippen LogP contribution is 2.33. The van der Waals surface area contributed by atoms with Crippen molar-refractivity contribution in [3.05, 3.63) is 39.0 Å². The lowest BCUT2D eigenvalue weighted by Gasteiger charge is -2.09. The van der Waals surface area contributed by atoms with E-state index in [-0.39, 0.29) is 16.7 Å². The molecule has 0 spiro atoms. The molecule has 1 aromatic carbocycles. The van der Waals surface area contributed by atoms with Crippen molar-refractivity contribution in [1.82, 2.24) is 9.97 Å².